The van der Waals surface area contributed by atoms with Crippen LogP contribution in [0.25, 0.3) is 0 Å². The smallest absolute Gasteiger partial charge is 0.323 e. The summed E-state index contributed by atoms with van der Waals surface area (Å²) in [5.41, 5.74) is 2.65. The second-order valence-electron chi connectivity index (χ2n) is 11.7. The highest BCUT2D eigenvalue weighted by Crippen LogP contribution is 2.54. The Hall–Kier alpha value is -2.63. The normalized spacial score (nSPS) is 25.7. The first-order valence-corrected chi connectivity index (χ1v) is 12.5. The number of hydrogen-bond donors (Lipinski definition) is 1. The van der Waals surface area contributed by atoms with Gasteiger partial charge in [-0.2, -0.15) is 18.3 Å². The molecule has 2 saturated carbocycles. The number of aromatic nitrogens is 5. The lowest BCUT2D eigenvalue weighted by Gasteiger charge is -2.63. The number of nitrogens with one attached hydrogen (secondary N) is 1. The van der Waals surface area contributed by atoms with E-state index >= 15 is 0 Å². The molecule has 5 heterocycles. The molecule has 0 bridgehead atoms. The van der Waals surface area contributed by atoms with Crippen LogP contribution in [0.2, 0.25) is 0 Å². The van der Waals surface area contributed by atoms with Crippen molar-refractivity contribution in [2.75, 3.05) is 39.3 Å². The molecular formula is C23H29F3N8O. The summed E-state index contributed by atoms with van der Waals surface area (Å²) < 4.78 is 39.5. The molecule has 0 unspecified atom stereocenters. The van der Waals surface area contributed by atoms with Gasteiger partial charge in [0, 0.05) is 68.3 Å². The van der Waals surface area contributed by atoms with Crippen LogP contribution in [0, 0.1) is 10.8 Å². The molecule has 2 aromatic rings. The molecule has 1 N–H and O–H groups in total. The van der Waals surface area contributed by atoms with Crippen molar-refractivity contribution in [1.29, 1.82) is 0 Å². The zero-order valence-electron chi connectivity index (χ0n) is 19.5. The maximum absolute atomic E-state index is 12.9. The van der Waals surface area contributed by atoms with E-state index in [1.54, 1.807) is 0 Å². The van der Waals surface area contributed by atoms with E-state index in [0.29, 0.717) is 19.0 Å². The van der Waals surface area contributed by atoms with Gasteiger partial charge in [-0.15, -0.1) is 5.10 Å². The van der Waals surface area contributed by atoms with Gasteiger partial charge in [-0.25, -0.2) is 14.5 Å². The van der Waals surface area contributed by atoms with Gasteiger partial charge in [-0.3, -0.25) is 10.00 Å². The lowest BCUT2D eigenvalue weighted by molar-refractivity contribution is -0.145. The Labute approximate surface area is 200 Å². The SMILES string of the molecule is O=C(N1CC2(CC(n3cnc(C(F)(F)F)n3)C2)C1)N1CC2(CN(Cc3cc(C4CCC4)n[nH]3)C2)C1. The summed E-state index contributed by atoms with van der Waals surface area (Å²) >= 11 is 0. The quantitative estimate of drug-likeness (QED) is 0.713. The first-order chi connectivity index (χ1) is 16.7. The van der Waals surface area contributed by atoms with Crippen LogP contribution in [0.4, 0.5) is 18.0 Å². The maximum Gasteiger partial charge on any atom is 0.453 e. The molecule has 0 radical (unpaired) electrons. The average Bonchev–Trinajstić information content (AvgIpc) is 3.28. The monoisotopic (exact) mass is 490 g/mol. The molecular weight excluding hydrogens is 461 g/mol. The molecule has 2 spiro atoms. The topological polar surface area (TPSA) is 86.2 Å². The lowest BCUT2D eigenvalue weighted by atomic mass is 9.60. The van der Waals surface area contributed by atoms with Crippen LogP contribution < -0.4 is 0 Å². The number of rotatable bonds is 4. The summed E-state index contributed by atoms with van der Waals surface area (Å²) in [6.45, 7) is 5.90. The number of urea groups is 1. The van der Waals surface area contributed by atoms with Gasteiger partial charge in [-0.1, -0.05) is 6.42 Å². The molecule has 0 aromatic carbocycles. The second kappa shape index (κ2) is 7.21. The minimum atomic E-state index is -4.52. The zero-order valence-corrected chi connectivity index (χ0v) is 19.5. The Bertz CT molecular complexity index is 1130. The lowest BCUT2D eigenvalue weighted by Crippen LogP contribution is -2.75. The van der Waals surface area contributed by atoms with Crippen LogP contribution in [0.3, 0.4) is 0 Å². The number of hydrogen-bond acceptors (Lipinski definition) is 5. The van der Waals surface area contributed by atoms with Crippen molar-refractivity contribution in [2.45, 2.75) is 56.8 Å². The number of aromatic amines is 1. The van der Waals surface area contributed by atoms with Gasteiger partial charge in [0.15, 0.2) is 0 Å². The Morgan fingerprint density at radius 1 is 1.06 bits per heavy atom. The molecule has 2 amide bonds. The van der Waals surface area contributed by atoms with Crippen molar-refractivity contribution >= 4 is 6.03 Å². The van der Waals surface area contributed by atoms with E-state index < -0.39 is 12.0 Å². The molecule has 188 valence electrons. The van der Waals surface area contributed by atoms with E-state index in [1.807, 2.05) is 9.80 Å². The number of H-pyrrole nitrogens is 1. The molecule has 3 saturated heterocycles. The van der Waals surface area contributed by atoms with Crippen molar-refractivity contribution in [3.05, 3.63) is 29.6 Å². The molecule has 0 atom stereocenters. The van der Waals surface area contributed by atoms with Crippen LogP contribution in [-0.2, 0) is 12.7 Å². The summed E-state index contributed by atoms with van der Waals surface area (Å²) in [5.74, 6) is -0.446. The van der Waals surface area contributed by atoms with Crippen molar-refractivity contribution in [3.63, 3.8) is 0 Å². The minimum absolute atomic E-state index is 0.0307. The van der Waals surface area contributed by atoms with Crippen LogP contribution in [-0.4, -0.2) is 85.0 Å². The molecule has 7 rings (SSSR count). The van der Waals surface area contributed by atoms with E-state index in [0.717, 1.165) is 45.6 Å². The number of halogens is 3. The molecule has 5 aliphatic rings. The predicted octanol–water partition coefficient (Wildman–Crippen LogP) is 2.86. The fraction of sp³-hybridized carbons (Fsp3) is 0.739. The predicted molar refractivity (Wildman–Crippen MR) is 117 cm³/mol. The molecule has 2 aromatic heterocycles. The van der Waals surface area contributed by atoms with E-state index in [-0.39, 0.29) is 22.9 Å². The van der Waals surface area contributed by atoms with Crippen LogP contribution in [0.15, 0.2) is 12.4 Å². The van der Waals surface area contributed by atoms with Gasteiger partial charge in [0.25, 0.3) is 5.82 Å². The fourth-order valence-corrected chi connectivity index (χ4v) is 6.79. The molecule has 3 aliphatic heterocycles. The third kappa shape index (κ3) is 3.54. The Kier molecular flexibility index (Phi) is 4.45. The second-order valence-corrected chi connectivity index (χ2v) is 11.7. The largest absolute Gasteiger partial charge is 0.453 e. The highest BCUT2D eigenvalue weighted by atomic mass is 19.4. The van der Waals surface area contributed by atoms with Gasteiger partial charge in [0.05, 0.1) is 11.7 Å². The number of amides is 2. The van der Waals surface area contributed by atoms with Gasteiger partial charge in [0.2, 0.25) is 0 Å². The third-order valence-electron chi connectivity index (χ3n) is 8.81. The van der Waals surface area contributed by atoms with E-state index in [4.69, 9.17) is 0 Å². The van der Waals surface area contributed by atoms with Gasteiger partial charge in [-0.05, 0) is 31.7 Å². The third-order valence-corrected chi connectivity index (χ3v) is 8.81. The molecule has 35 heavy (non-hydrogen) atoms. The number of carbonyl (C=O) groups is 1. The minimum Gasteiger partial charge on any atom is -0.323 e. The Balaban J connectivity index is 0.840. The maximum atomic E-state index is 12.9. The van der Waals surface area contributed by atoms with E-state index in [2.05, 4.69) is 31.2 Å². The number of carbonyl (C=O) groups excluding carboxylic acids is 1. The van der Waals surface area contributed by atoms with E-state index in [1.165, 1.54) is 41.7 Å². The molecule has 12 heteroatoms. The molecule has 9 nitrogen and oxygen atoms in total. The van der Waals surface area contributed by atoms with E-state index in [9.17, 15) is 18.0 Å². The van der Waals surface area contributed by atoms with Crippen molar-refractivity contribution in [2.24, 2.45) is 10.8 Å². The molecule has 2 aliphatic carbocycles. The van der Waals surface area contributed by atoms with Gasteiger partial charge < -0.3 is 9.80 Å². The zero-order chi connectivity index (χ0) is 24.0. The van der Waals surface area contributed by atoms with Crippen LogP contribution >= 0.6 is 0 Å². The number of nitrogens with zero attached hydrogens (tertiary/aromatic N) is 7. The summed E-state index contributed by atoms with van der Waals surface area (Å²) in [6, 6.07) is 2.25. The number of alkyl halides is 3. The van der Waals surface area contributed by atoms with Crippen LogP contribution in [0.5, 0.6) is 0 Å². The highest BCUT2D eigenvalue weighted by Gasteiger charge is 2.58. The standard InChI is InChI=1S/C23H29F3N8O/c24-23(25,26)19-27-14-34(30-19)17-5-21(6-17)10-32(11-21)20(35)33-12-22(13-33)8-31(9-22)7-16-4-18(29-28-16)15-2-1-3-15/h4,14-15,17H,1-3,5-13H2,(H,28,29). The van der Waals surface area contributed by atoms with Crippen molar-refractivity contribution in [3.8, 4) is 0 Å². The Morgan fingerprint density at radius 3 is 2.34 bits per heavy atom. The van der Waals surface area contributed by atoms with Gasteiger partial charge >= 0.3 is 12.2 Å². The van der Waals surface area contributed by atoms with Crippen LogP contribution in [0.1, 0.15) is 61.3 Å². The Morgan fingerprint density at radius 2 is 1.74 bits per heavy atom. The summed E-state index contributed by atoms with van der Waals surface area (Å²) in [5, 5.41) is 11.3. The highest BCUT2D eigenvalue weighted by molar-refractivity contribution is 5.77. The fourth-order valence-electron chi connectivity index (χ4n) is 6.79. The summed E-state index contributed by atoms with van der Waals surface area (Å²) in [7, 11) is 0. The summed E-state index contributed by atoms with van der Waals surface area (Å²) in [4.78, 5) is 22.5. The first kappa shape index (κ1) is 21.6. The van der Waals surface area contributed by atoms with Crippen molar-refractivity contribution in [1.82, 2.24) is 39.7 Å². The average molecular weight is 491 g/mol. The molecule has 5 fully saturated rings. The van der Waals surface area contributed by atoms with Crippen molar-refractivity contribution < 1.29 is 18.0 Å². The number of likely N-dealkylation sites (tertiary alicyclic amines) is 3. The summed E-state index contributed by atoms with van der Waals surface area (Å²) in [6.07, 6.45) is 1.96. The first-order valence-electron chi connectivity index (χ1n) is 12.5. The van der Waals surface area contributed by atoms with Gasteiger partial charge in [0.1, 0.15) is 6.33 Å².